The highest BCUT2D eigenvalue weighted by Gasteiger charge is 2.81. The van der Waals surface area contributed by atoms with Gasteiger partial charge >= 0.3 is 0 Å². The van der Waals surface area contributed by atoms with Gasteiger partial charge in [-0.15, -0.1) is 0 Å². The number of methoxy groups -OCH3 is 2. The van der Waals surface area contributed by atoms with Crippen LogP contribution in [-0.2, 0) is 20.5 Å². The highest BCUT2D eigenvalue weighted by atomic mass is 35.5. The zero-order valence-corrected chi connectivity index (χ0v) is 22.2. The maximum Gasteiger partial charge on any atom is 0.251 e. The smallest absolute Gasteiger partial charge is 0.251 e. The molecule has 7 rings (SSSR count). The van der Waals surface area contributed by atoms with Gasteiger partial charge in [-0.25, -0.2) is 0 Å². The molecule has 4 atom stereocenters. The monoisotopic (exact) mass is 543 g/mol. The van der Waals surface area contributed by atoms with E-state index < -0.39 is 16.9 Å². The maximum atomic E-state index is 14.8. The van der Waals surface area contributed by atoms with Crippen molar-refractivity contribution in [2.75, 3.05) is 31.4 Å². The molecule has 4 aliphatic rings. The molecule has 0 aliphatic carbocycles. The zero-order chi connectivity index (χ0) is 27.1. The summed E-state index contributed by atoms with van der Waals surface area (Å²) < 4.78 is 11.0. The number of halogens is 1. The van der Waals surface area contributed by atoms with Crippen molar-refractivity contribution in [1.29, 1.82) is 0 Å². The summed E-state index contributed by atoms with van der Waals surface area (Å²) in [7, 11) is 3.04. The van der Waals surface area contributed by atoms with E-state index in [4.69, 9.17) is 21.1 Å². The van der Waals surface area contributed by atoms with Crippen LogP contribution in [-0.4, -0.2) is 49.3 Å². The summed E-state index contributed by atoms with van der Waals surface area (Å²) in [6.45, 7) is 0.560. The molecule has 3 aromatic carbocycles. The Labute approximate surface area is 230 Å². The minimum absolute atomic E-state index is 0.251. The van der Waals surface area contributed by atoms with E-state index in [9.17, 15) is 14.4 Å². The lowest BCUT2D eigenvalue weighted by atomic mass is 9.57. The largest absolute Gasteiger partial charge is 0.497 e. The molecule has 2 N–H and O–H groups in total. The molecule has 9 heteroatoms. The number of ketones is 1. The Morgan fingerprint density at radius 3 is 2.56 bits per heavy atom. The Morgan fingerprint density at radius 2 is 1.77 bits per heavy atom. The van der Waals surface area contributed by atoms with Crippen molar-refractivity contribution in [3.05, 3.63) is 82.4 Å². The molecule has 198 valence electrons. The van der Waals surface area contributed by atoms with Crippen LogP contribution in [0.4, 0.5) is 11.4 Å². The van der Waals surface area contributed by atoms with Gasteiger partial charge in [0, 0.05) is 23.4 Å². The first-order valence-electron chi connectivity index (χ1n) is 13.0. The minimum atomic E-state index is -1.54. The van der Waals surface area contributed by atoms with Crippen LogP contribution in [0.3, 0.4) is 0 Å². The second-order valence-corrected chi connectivity index (χ2v) is 10.9. The van der Waals surface area contributed by atoms with Crippen LogP contribution in [0.1, 0.15) is 34.3 Å². The van der Waals surface area contributed by atoms with E-state index in [0.29, 0.717) is 57.6 Å². The molecule has 4 unspecified atom stereocenters. The average molecular weight is 544 g/mol. The molecular formula is C30H26ClN3O5. The van der Waals surface area contributed by atoms with Crippen LogP contribution in [0.2, 0.25) is 5.02 Å². The van der Waals surface area contributed by atoms with Gasteiger partial charge in [-0.05, 0) is 49.2 Å². The maximum absolute atomic E-state index is 14.8. The highest BCUT2D eigenvalue weighted by molar-refractivity contribution is 6.35. The van der Waals surface area contributed by atoms with Crippen molar-refractivity contribution in [1.82, 2.24) is 4.90 Å². The lowest BCUT2D eigenvalue weighted by molar-refractivity contribution is -0.137. The number of para-hydroxylation sites is 2. The molecule has 39 heavy (non-hydrogen) atoms. The quantitative estimate of drug-likeness (QED) is 0.474. The van der Waals surface area contributed by atoms with Crippen molar-refractivity contribution in [2.24, 2.45) is 5.92 Å². The fourth-order valence-electron chi connectivity index (χ4n) is 7.74. The number of rotatable bonds is 4. The minimum Gasteiger partial charge on any atom is -0.497 e. The highest BCUT2D eigenvalue weighted by Crippen LogP contribution is 2.68. The van der Waals surface area contributed by atoms with Gasteiger partial charge in [0.2, 0.25) is 5.91 Å². The number of amides is 2. The van der Waals surface area contributed by atoms with Gasteiger partial charge < -0.3 is 20.1 Å². The van der Waals surface area contributed by atoms with E-state index in [2.05, 4.69) is 15.5 Å². The van der Waals surface area contributed by atoms with Crippen LogP contribution in [0, 0.1) is 5.92 Å². The molecule has 0 radical (unpaired) electrons. The van der Waals surface area contributed by atoms with Crippen molar-refractivity contribution in [3.63, 3.8) is 0 Å². The van der Waals surface area contributed by atoms with Crippen LogP contribution < -0.4 is 20.1 Å². The summed E-state index contributed by atoms with van der Waals surface area (Å²) in [6, 6.07) is 17.4. The fourth-order valence-corrected chi connectivity index (χ4v) is 7.96. The standard InChI is InChI=1S/C30H26ClN3O5/c1-38-16-12-13-17(23(15-16)39-2)26(35)24-22-11-6-14-34(22)30(19-8-5-9-20(31)25(19)33-28(30)37)29(24)18-7-3-4-10-21(18)32-27(29)36/h3-5,7-10,12-13,15,22,24H,6,11,14H2,1-2H3,(H,32,36)(H,33,37). The van der Waals surface area contributed by atoms with Gasteiger partial charge in [0.1, 0.15) is 22.5 Å². The number of carbonyl (C=O) groups is 3. The van der Waals surface area contributed by atoms with E-state index in [1.54, 1.807) is 37.4 Å². The average Bonchev–Trinajstić information content (AvgIpc) is 3.67. The summed E-state index contributed by atoms with van der Waals surface area (Å²) in [5.74, 6) is -0.939. The van der Waals surface area contributed by atoms with Gasteiger partial charge in [0.25, 0.3) is 5.91 Å². The first-order chi connectivity index (χ1) is 18.9. The molecule has 4 aliphatic heterocycles. The van der Waals surface area contributed by atoms with Crippen LogP contribution in [0.15, 0.2) is 60.7 Å². The van der Waals surface area contributed by atoms with Gasteiger partial charge in [-0.2, -0.15) is 0 Å². The predicted octanol–water partition coefficient (Wildman–Crippen LogP) is 4.37. The van der Waals surface area contributed by atoms with E-state index in [1.807, 2.05) is 30.3 Å². The van der Waals surface area contributed by atoms with Crippen LogP contribution >= 0.6 is 11.6 Å². The predicted molar refractivity (Wildman–Crippen MR) is 146 cm³/mol. The van der Waals surface area contributed by atoms with Crippen LogP contribution in [0.5, 0.6) is 11.5 Å². The second kappa shape index (κ2) is 8.31. The van der Waals surface area contributed by atoms with E-state index in [-0.39, 0.29) is 23.6 Å². The summed E-state index contributed by atoms with van der Waals surface area (Å²) in [5, 5.41) is 6.43. The van der Waals surface area contributed by atoms with Crippen molar-refractivity contribution in [2.45, 2.75) is 29.8 Å². The number of anilines is 2. The van der Waals surface area contributed by atoms with Crippen LogP contribution in [0.25, 0.3) is 0 Å². The Balaban J connectivity index is 1.57. The first kappa shape index (κ1) is 24.2. The van der Waals surface area contributed by atoms with Crippen molar-refractivity contribution in [3.8, 4) is 11.5 Å². The molecule has 8 nitrogen and oxygen atoms in total. The Hall–Kier alpha value is -3.88. The molecular weight excluding hydrogens is 518 g/mol. The molecule has 3 aromatic rings. The number of hydrogen-bond acceptors (Lipinski definition) is 6. The number of carbonyl (C=O) groups excluding carboxylic acids is 3. The van der Waals surface area contributed by atoms with Crippen molar-refractivity contribution < 1.29 is 23.9 Å². The number of nitrogens with zero attached hydrogens (tertiary/aromatic N) is 1. The van der Waals surface area contributed by atoms with Gasteiger partial charge in [0.15, 0.2) is 5.78 Å². The summed E-state index contributed by atoms with van der Waals surface area (Å²) in [5.41, 5.74) is -0.322. The molecule has 0 saturated carbocycles. The van der Waals surface area contributed by atoms with Gasteiger partial charge in [-0.3, -0.25) is 19.3 Å². The van der Waals surface area contributed by atoms with E-state index >= 15 is 0 Å². The van der Waals surface area contributed by atoms with Crippen molar-refractivity contribution >= 4 is 40.6 Å². The Bertz CT molecular complexity index is 1590. The zero-order valence-electron chi connectivity index (χ0n) is 21.4. The number of hydrogen-bond donors (Lipinski definition) is 2. The third-order valence-electron chi connectivity index (χ3n) is 9.04. The normalized spacial score (nSPS) is 28.3. The number of ether oxygens (including phenoxy) is 2. The number of Topliss-reactive ketones (excluding diaryl/α,β-unsaturated/α-hetero) is 1. The number of fused-ring (bicyclic) bond motifs is 7. The molecule has 4 heterocycles. The van der Waals surface area contributed by atoms with Gasteiger partial charge in [0.05, 0.1) is 36.4 Å². The third-order valence-corrected chi connectivity index (χ3v) is 9.35. The second-order valence-electron chi connectivity index (χ2n) is 10.4. The molecule has 2 saturated heterocycles. The SMILES string of the molecule is COc1ccc(C(=O)C2C3CCCN3C3(C(=O)Nc4c(Cl)cccc43)C23C(=O)Nc2ccccc23)c(OC)c1. The van der Waals surface area contributed by atoms with E-state index in [0.717, 1.165) is 6.42 Å². The lowest BCUT2D eigenvalue weighted by Gasteiger charge is -2.43. The first-order valence-corrected chi connectivity index (χ1v) is 13.3. The Morgan fingerprint density at radius 1 is 0.974 bits per heavy atom. The molecule has 0 aromatic heterocycles. The molecule has 2 spiro atoms. The fraction of sp³-hybridized carbons (Fsp3) is 0.300. The molecule has 2 fully saturated rings. The molecule has 2 amide bonds. The van der Waals surface area contributed by atoms with Gasteiger partial charge in [-0.1, -0.05) is 41.9 Å². The van der Waals surface area contributed by atoms with E-state index in [1.165, 1.54) is 7.11 Å². The number of benzene rings is 3. The topological polar surface area (TPSA) is 97.0 Å². The third kappa shape index (κ3) is 2.75. The summed E-state index contributed by atoms with van der Waals surface area (Å²) in [6.07, 6.45) is 1.45. The Kier molecular flexibility index (Phi) is 5.15. The molecule has 0 bridgehead atoms. The lowest BCUT2D eigenvalue weighted by Crippen LogP contribution is -2.62. The number of nitrogens with one attached hydrogen (secondary N) is 2. The summed E-state index contributed by atoms with van der Waals surface area (Å²) in [4.78, 5) is 45.9. The summed E-state index contributed by atoms with van der Waals surface area (Å²) >= 11 is 6.61.